The summed E-state index contributed by atoms with van der Waals surface area (Å²) in [4.78, 5) is 0. The molecule has 1 aliphatic heterocycles. The van der Waals surface area contributed by atoms with Crippen LogP contribution in [-0.4, -0.2) is 33.5 Å². The molecule has 23 heavy (non-hydrogen) atoms. The molecule has 0 saturated carbocycles. The van der Waals surface area contributed by atoms with Crippen molar-refractivity contribution in [2.24, 2.45) is 0 Å². The van der Waals surface area contributed by atoms with E-state index in [0.29, 0.717) is 17.1 Å². The molecule has 0 fully saturated rings. The van der Waals surface area contributed by atoms with Crippen molar-refractivity contribution in [2.45, 2.75) is 38.5 Å². The van der Waals surface area contributed by atoms with E-state index in [0.717, 1.165) is 30.5 Å². The molecule has 0 saturated heterocycles. The Bertz CT molecular complexity index is 547. The fourth-order valence-electron chi connectivity index (χ4n) is 3.11. The zero-order valence-electron chi connectivity index (χ0n) is 13.6. The lowest BCUT2D eigenvalue weighted by atomic mass is 9.89. The van der Waals surface area contributed by atoms with Crippen molar-refractivity contribution in [1.29, 1.82) is 0 Å². The number of alkyl halides is 3. The second-order valence-corrected chi connectivity index (χ2v) is 5.55. The summed E-state index contributed by atoms with van der Waals surface area (Å²) in [6, 6.07) is 1.94. The zero-order valence-corrected chi connectivity index (χ0v) is 13.6. The Morgan fingerprint density at radius 2 is 2.04 bits per heavy atom. The number of rotatable bonds is 6. The monoisotopic (exact) mass is 332 g/mol. The third-order valence-electron chi connectivity index (χ3n) is 4.05. The van der Waals surface area contributed by atoms with Crippen molar-refractivity contribution >= 4 is 0 Å². The molecule has 0 bridgehead atoms. The quantitative estimate of drug-likeness (QED) is 0.840. The van der Waals surface area contributed by atoms with E-state index in [-0.39, 0.29) is 12.6 Å². The molecule has 1 aliphatic rings. The lowest BCUT2D eigenvalue weighted by Crippen LogP contribution is -2.31. The van der Waals surface area contributed by atoms with Crippen molar-refractivity contribution in [3.8, 4) is 11.5 Å². The third-order valence-corrected chi connectivity index (χ3v) is 4.05. The molecule has 0 aliphatic carbocycles. The summed E-state index contributed by atoms with van der Waals surface area (Å²) in [7, 11) is 3.13. The molecular formula is C16H23F3N2O2. The minimum atomic E-state index is -4.23. The SMILES string of the molecule is CCC1NCCc2c(OC)c(CNCC(F)(F)F)cc(OC)c21. The molecule has 2 N–H and O–H groups in total. The second-order valence-electron chi connectivity index (χ2n) is 5.55. The minimum absolute atomic E-state index is 0.0799. The van der Waals surface area contributed by atoms with Gasteiger partial charge in [-0.25, -0.2) is 0 Å². The van der Waals surface area contributed by atoms with Gasteiger partial charge in [-0.2, -0.15) is 13.2 Å². The Morgan fingerprint density at radius 1 is 1.30 bits per heavy atom. The van der Waals surface area contributed by atoms with Crippen molar-refractivity contribution in [1.82, 2.24) is 10.6 Å². The summed E-state index contributed by atoms with van der Waals surface area (Å²) < 4.78 is 48.0. The first-order valence-corrected chi connectivity index (χ1v) is 7.68. The summed E-state index contributed by atoms with van der Waals surface area (Å²) in [6.07, 6.45) is -2.57. The number of fused-ring (bicyclic) bond motifs is 1. The van der Waals surface area contributed by atoms with Gasteiger partial charge in [0.2, 0.25) is 0 Å². The molecule has 0 spiro atoms. The number of hydrogen-bond acceptors (Lipinski definition) is 4. The van der Waals surface area contributed by atoms with E-state index in [2.05, 4.69) is 17.6 Å². The molecule has 130 valence electrons. The van der Waals surface area contributed by atoms with Gasteiger partial charge < -0.3 is 20.1 Å². The summed E-state index contributed by atoms with van der Waals surface area (Å²) in [6.45, 7) is 1.94. The van der Waals surface area contributed by atoms with Crippen LogP contribution in [0.5, 0.6) is 11.5 Å². The molecule has 0 aromatic heterocycles. The van der Waals surface area contributed by atoms with Crippen LogP contribution in [0.15, 0.2) is 6.07 Å². The van der Waals surface area contributed by atoms with E-state index >= 15 is 0 Å². The maximum atomic E-state index is 12.3. The van der Waals surface area contributed by atoms with Gasteiger partial charge in [0.25, 0.3) is 0 Å². The molecule has 1 aromatic carbocycles. The van der Waals surface area contributed by atoms with E-state index in [1.165, 1.54) is 0 Å². The smallest absolute Gasteiger partial charge is 0.401 e. The highest BCUT2D eigenvalue weighted by molar-refractivity contribution is 5.56. The molecule has 0 amide bonds. The molecule has 0 radical (unpaired) electrons. The Balaban J connectivity index is 2.36. The highest BCUT2D eigenvalue weighted by Crippen LogP contribution is 2.41. The van der Waals surface area contributed by atoms with E-state index < -0.39 is 12.7 Å². The van der Waals surface area contributed by atoms with Gasteiger partial charge in [-0.1, -0.05) is 6.92 Å². The number of hydrogen-bond donors (Lipinski definition) is 2. The lowest BCUT2D eigenvalue weighted by molar-refractivity contribution is -0.125. The summed E-state index contributed by atoms with van der Waals surface area (Å²) in [5.74, 6) is 1.36. The molecule has 1 unspecified atom stereocenters. The van der Waals surface area contributed by atoms with Gasteiger partial charge in [-0.3, -0.25) is 0 Å². The highest BCUT2D eigenvalue weighted by atomic mass is 19.4. The zero-order chi connectivity index (χ0) is 17.0. The van der Waals surface area contributed by atoms with E-state index in [1.54, 1.807) is 20.3 Å². The van der Waals surface area contributed by atoms with Crippen LogP contribution in [0.3, 0.4) is 0 Å². The van der Waals surface area contributed by atoms with Gasteiger partial charge in [-0.05, 0) is 25.5 Å². The minimum Gasteiger partial charge on any atom is -0.496 e. The predicted octanol–water partition coefficient (Wildman–Crippen LogP) is 2.95. The largest absolute Gasteiger partial charge is 0.496 e. The van der Waals surface area contributed by atoms with Gasteiger partial charge >= 0.3 is 6.18 Å². The number of ether oxygens (including phenoxy) is 2. The molecule has 1 atom stereocenters. The number of benzene rings is 1. The second kappa shape index (κ2) is 7.40. The molecule has 1 aromatic rings. The van der Waals surface area contributed by atoms with Crippen LogP contribution in [0.2, 0.25) is 0 Å². The van der Waals surface area contributed by atoms with Crippen LogP contribution in [0, 0.1) is 0 Å². The third kappa shape index (κ3) is 4.09. The Labute approximate surface area is 134 Å². The van der Waals surface area contributed by atoms with Crippen LogP contribution in [0.4, 0.5) is 13.2 Å². The lowest BCUT2D eigenvalue weighted by Gasteiger charge is -2.30. The van der Waals surface area contributed by atoms with Crippen LogP contribution in [0.1, 0.15) is 36.1 Å². The Morgan fingerprint density at radius 3 is 2.61 bits per heavy atom. The standard InChI is InChI=1S/C16H23F3N2O2/c1-4-12-14-11(5-6-21-12)15(23-3)10(7-13(14)22-2)8-20-9-16(17,18)19/h7,12,20-21H,4-6,8-9H2,1-3H3. The average Bonchev–Trinajstić information content (AvgIpc) is 2.52. The van der Waals surface area contributed by atoms with E-state index in [9.17, 15) is 13.2 Å². The number of halogens is 3. The van der Waals surface area contributed by atoms with E-state index in [4.69, 9.17) is 9.47 Å². The maximum Gasteiger partial charge on any atom is 0.401 e. The topological polar surface area (TPSA) is 42.5 Å². The fraction of sp³-hybridized carbons (Fsp3) is 0.625. The molecule has 2 rings (SSSR count). The number of nitrogens with one attached hydrogen (secondary N) is 2. The Kier molecular flexibility index (Phi) is 5.75. The predicted molar refractivity (Wildman–Crippen MR) is 82.0 cm³/mol. The summed E-state index contributed by atoms with van der Waals surface area (Å²) >= 11 is 0. The van der Waals surface area contributed by atoms with Crippen molar-refractivity contribution < 1.29 is 22.6 Å². The van der Waals surface area contributed by atoms with Gasteiger partial charge in [0, 0.05) is 29.3 Å². The van der Waals surface area contributed by atoms with Gasteiger partial charge in [0.05, 0.1) is 20.8 Å². The van der Waals surface area contributed by atoms with Crippen LogP contribution in [-0.2, 0) is 13.0 Å². The molecule has 4 nitrogen and oxygen atoms in total. The molecular weight excluding hydrogens is 309 g/mol. The fourth-order valence-corrected chi connectivity index (χ4v) is 3.11. The Hall–Kier alpha value is -1.47. The van der Waals surface area contributed by atoms with Crippen LogP contribution >= 0.6 is 0 Å². The average molecular weight is 332 g/mol. The van der Waals surface area contributed by atoms with Gasteiger partial charge in [-0.15, -0.1) is 0 Å². The van der Waals surface area contributed by atoms with Crippen LogP contribution in [0.25, 0.3) is 0 Å². The van der Waals surface area contributed by atoms with Crippen molar-refractivity contribution in [3.05, 3.63) is 22.8 Å². The highest BCUT2D eigenvalue weighted by Gasteiger charge is 2.29. The summed E-state index contributed by atoms with van der Waals surface area (Å²) in [5.41, 5.74) is 2.77. The first-order chi connectivity index (χ1) is 10.9. The molecule has 7 heteroatoms. The van der Waals surface area contributed by atoms with Crippen LogP contribution < -0.4 is 20.1 Å². The first kappa shape index (κ1) is 17.9. The molecule has 1 heterocycles. The van der Waals surface area contributed by atoms with Crippen molar-refractivity contribution in [2.75, 3.05) is 27.3 Å². The van der Waals surface area contributed by atoms with Crippen molar-refractivity contribution in [3.63, 3.8) is 0 Å². The summed E-state index contributed by atoms with van der Waals surface area (Å²) in [5, 5.41) is 5.86. The van der Waals surface area contributed by atoms with Gasteiger partial charge in [0.15, 0.2) is 0 Å². The van der Waals surface area contributed by atoms with E-state index in [1.807, 2.05) is 0 Å². The normalized spacial score (nSPS) is 17.7. The maximum absolute atomic E-state index is 12.3. The number of methoxy groups -OCH3 is 2. The first-order valence-electron chi connectivity index (χ1n) is 7.68. The van der Waals surface area contributed by atoms with Gasteiger partial charge in [0.1, 0.15) is 11.5 Å².